The lowest BCUT2D eigenvalue weighted by atomic mass is 10.2. The van der Waals surface area contributed by atoms with Crippen molar-refractivity contribution in [3.8, 4) is 0 Å². The van der Waals surface area contributed by atoms with E-state index < -0.39 is 0 Å². The SMILES string of the molecule is Nc1cc2cccnc2c(Cl)c1N. The summed E-state index contributed by atoms with van der Waals surface area (Å²) in [6, 6.07) is 5.49. The summed E-state index contributed by atoms with van der Waals surface area (Å²) >= 11 is 5.96. The highest BCUT2D eigenvalue weighted by Crippen LogP contribution is 2.32. The van der Waals surface area contributed by atoms with Gasteiger partial charge in [-0.3, -0.25) is 4.98 Å². The summed E-state index contributed by atoms with van der Waals surface area (Å²) < 4.78 is 0. The van der Waals surface area contributed by atoms with Gasteiger partial charge in [0.05, 0.1) is 21.9 Å². The third kappa shape index (κ3) is 1.17. The third-order valence-corrected chi connectivity index (χ3v) is 2.29. The molecule has 2 rings (SSSR count). The van der Waals surface area contributed by atoms with Crippen molar-refractivity contribution in [2.45, 2.75) is 0 Å². The summed E-state index contributed by atoms with van der Waals surface area (Å²) in [6.07, 6.45) is 1.67. The van der Waals surface area contributed by atoms with Crippen LogP contribution in [0.3, 0.4) is 0 Å². The van der Waals surface area contributed by atoms with Crippen LogP contribution in [0.15, 0.2) is 24.4 Å². The molecule has 1 heterocycles. The number of halogens is 1. The molecule has 0 unspecified atom stereocenters. The molecule has 3 nitrogen and oxygen atoms in total. The van der Waals surface area contributed by atoms with Gasteiger partial charge in [-0.15, -0.1) is 0 Å². The minimum Gasteiger partial charge on any atom is -0.397 e. The van der Waals surface area contributed by atoms with E-state index in [2.05, 4.69) is 4.98 Å². The van der Waals surface area contributed by atoms with Crippen LogP contribution in [0.1, 0.15) is 0 Å². The van der Waals surface area contributed by atoms with Crippen LogP contribution in [0.5, 0.6) is 0 Å². The molecule has 0 amide bonds. The number of rotatable bonds is 0. The van der Waals surface area contributed by atoms with E-state index in [0.717, 1.165) is 5.39 Å². The lowest BCUT2D eigenvalue weighted by Gasteiger charge is -2.05. The lowest BCUT2D eigenvalue weighted by Crippen LogP contribution is -1.96. The van der Waals surface area contributed by atoms with Gasteiger partial charge in [0, 0.05) is 11.6 Å². The maximum Gasteiger partial charge on any atom is 0.0919 e. The molecule has 0 bridgehead atoms. The fourth-order valence-electron chi connectivity index (χ4n) is 1.22. The first kappa shape index (κ1) is 8.13. The van der Waals surface area contributed by atoms with Crippen molar-refractivity contribution in [1.29, 1.82) is 0 Å². The van der Waals surface area contributed by atoms with Crippen molar-refractivity contribution in [3.05, 3.63) is 29.4 Å². The molecule has 0 fully saturated rings. The quantitative estimate of drug-likeness (QED) is 0.630. The van der Waals surface area contributed by atoms with Crippen molar-refractivity contribution < 1.29 is 0 Å². The zero-order valence-corrected chi connectivity index (χ0v) is 7.55. The number of nitrogens with zero attached hydrogens (tertiary/aromatic N) is 1. The van der Waals surface area contributed by atoms with Gasteiger partial charge in [-0.2, -0.15) is 0 Å². The van der Waals surface area contributed by atoms with E-state index in [0.29, 0.717) is 21.9 Å². The number of aromatic nitrogens is 1. The smallest absolute Gasteiger partial charge is 0.0919 e. The standard InChI is InChI=1S/C9H8ClN3/c10-7-8(12)6(11)4-5-2-1-3-13-9(5)7/h1-4H,11-12H2. The van der Waals surface area contributed by atoms with E-state index in [1.807, 2.05) is 12.1 Å². The van der Waals surface area contributed by atoms with Crippen molar-refractivity contribution in [1.82, 2.24) is 4.98 Å². The summed E-state index contributed by atoms with van der Waals surface area (Å²) in [4.78, 5) is 4.12. The van der Waals surface area contributed by atoms with E-state index in [1.54, 1.807) is 12.3 Å². The molecule has 0 aliphatic carbocycles. The predicted molar refractivity (Wildman–Crippen MR) is 55.6 cm³/mol. The van der Waals surface area contributed by atoms with Gasteiger partial charge >= 0.3 is 0 Å². The number of hydrogen-bond donors (Lipinski definition) is 2. The summed E-state index contributed by atoms with van der Waals surface area (Å²) in [7, 11) is 0. The molecular formula is C9H8ClN3. The molecule has 66 valence electrons. The van der Waals surface area contributed by atoms with Gasteiger partial charge in [-0.1, -0.05) is 17.7 Å². The second-order valence-electron chi connectivity index (χ2n) is 2.77. The first-order chi connectivity index (χ1) is 6.20. The highest BCUT2D eigenvalue weighted by molar-refractivity contribution is 6.38. The molecule has 2 aromatic rings. The highest BCUT2D eigenvalue weighted by Gasteiger charge is 2.06. The van der Waals surface area contributed by atoms with Gasteiger partial charge < -0.3 is 11.5 Å². The van der Waals surface area contributed by atoms with Gasteiger partial charge in [-0.25, -0.2) is 0 Å². The Balaban J connectivity index is 2.94. The van der Waals surface area contributed by atoms with Crippen molar-refractivity contribution in [2.75, 3.05) is 11.5 Å². The summed E-state index contributed by atoms with van der Waals surface area (Å²) in [6.45, 7) is 0. The Labute approximate surface area is 80.3 Å². The van der Waals surface area contributed by atoms with E-state index >= 15 is 0 Å². The van der Waals surface area contributed by atoms with Crippen molar-refractivity contribution in [2.24, 2.45) is 0 Å². The van der Waals surface area contributed by atoms with Crippen LogP contribution in [-0.4, -0.2) is 4.98 Å². The molecule has 0 radical (unpaired) electrons. The number of benzene rings is 1. The van der Waals surface area contributed by atoms with Crippen LogP contribution in [0.4, 0.5) is 11.4 Å². The Morgan fingerprint density at radius 1 is 1.31 bits per heavy atom. The Bertz CT molecular complexity index is 468. The van der Waals surface area contributed by atoms with E-state index in [1.165, 1.54) is 0 Å². The average molecular weight is 194 g/mol. The van der Waals surface area contributed by atoms with E-state index in [4.69, 9.17) is 23.1 Å². The number of anilines is 2. The molecule has 0 atom stereocenters. The second-order valence-corrected chi connectivity index (χ2v) is 3.15. The van der Waals surface area contributed by atoms with Gasteiger partial charge in [0.1, 0.15) is 0 Å². The van der Waals surface area contributed by atoms with Crippen LogP contribution >= 0.6 is 11.6 Å². The summed E-state index contributed by atoms with van der Waals surface area (Å²) in [5, 5.41) is 1.33. The zero-order chi connectivity index (χ0) is 9.42. The second kappa shape index (κ2) is 2.78. The maximum absolute atomic E-state index is 5.96. The Morgan fingerprint density at radius 3 is 2.85 bits per heavy atom. The van der Waals surface area contributed by atoms with Crippen molar-refractivity contribution in [3.63, 3.8) is 0 Å². The minimum atomic E-state index is 0.396. The molecule has 0 saturated carbocycles. The van der Waals surface area contributed by atoms with Crippen LogP contribution in [-0.2, 0) is 0 Å². The molecular weight excluding hydrogens is 186 g/mol. The minimum absolute atomic E-state index is 0.396. The molecule has 0 spiro atoms. The Morgan fingerprint density at radius 2 is 2.08 bits per heavy atom. The number of nitrogen functional groups attached to an aromatic ring is 2. The van der Waals surface area contributed by atoms with Gasteiger partial charge in [0.15, 0.2) is 0 Å². The predicted octanol–water partition coefficient (Wildman–Crippen LogP) is 2.05. The molecule has 4 heteroatoms. The van der Waals surface area contributed by atoms with Crippen LogP contribution in [0.2, 0.25) is 5.02 Å². The number of nitrogens with two attached hydrogens (primary N) is 2. The maximum atomic E-state index is 5.96. The number of fused-ring (bicyclic) bond motifs is 1. The molecule has 1 aromatic carbocycles. The first-order valence-electron chi connectivity index (χ1n) is 3.78. The molecule has 1 aromatic heterocycles. The molecule has 4 N–H and O–H groups in total. The van der Waals surface area contributed by atoms with Crippen LogP contribution in [0.25, 0.3) is 10.9 Å². The number of pyridine rings is 1. The number of hydrogen-bond acceptors (Lipinski definition) is 3. The lowest BCUT2D eigenvalue weighted by molar-refractivity contribution is 1.41. The van der Waals surface area contributed by atoms with E-state index in [9.17, 15) is 0 Å². The highest BCUT2D eigenvalue weighted by atomic mass is 35.5. The van der Waals surface area contributed by atoms with Gasteiger partial charge in [-0.05, 0) is 12.1 Å². The molecule has 13 heavy (non-hydrogen) atoms. The van der Waals surface area contributed by atoms with Gasteiger partial charge in [0.25, 0.3) is 0 Å². The van der Waals surface area contributed by atoms with Gasteiger partial charge in [0.2, 0.25) is 0 Å². The summed E-state index contributed by atoms with van der Waals surface area (Å²) in [5.41, 5.74) is 12.9. The van der Waals surface area contributed by atoms with E-state index in [-0.39, 0.29) is 0 Å². The fourth-order valence-corrected chi connectivity index (χ4v) is 1.48. The fraction of sp³-hybridized carbons (Fsp3) is 0. The zero-order valence-electron chi connectivity index (χ0n) is 6.79. The summed E-state index contributed by atoms with van der Waals surface area (Å²) in [5.74, 6) is 0. The Kier molecular flexibility index (Phi) is 1.74. The molecule has 0 aliphatic rings. The first-order valence-corrected chi connectivity index (χ1v) is 4.16. The average Bonchev–Trinajstić information content (AvgIpc) is 2.15. The largest absolute Gasteiger partial charge is 0.397 e. The van der Waals surface area contributed by atoms with Crippen molar-refractivity contribution >= 4 is 33.9 Å². The van der Waals surface area contributed by atoms with Crippen LogP contribution in [0, 0.1) is 0 Å². The monoisotopic (exact) mass is 193 g/mol. The Hall–Kier alpha value is -1.48. The normalized spacial score (nSPS) is 10.5. The molecule has 0 saturated heterocycles. The third-order valence-electron chi connectivity index (χ3n) is 1.91. The topological polar surface area (TPSA) is 64.9 Å². The van der Waals surface area contributed by atoms with Crippen LogP contribution < -0.4 is 11.5 Å². The molecule has 0 aliphatic heterocycles.